The Kier molecular flexibility index (Phi) is 7.23. The molecule has 192 valence electrons. The number of rotatable bonds is 6. The van der Waals surface area contributed by atoms with E-state index >= 15 is 0 Å². The molecule has 0 unspecified atom stereocenters. The van der Waals surface area contributed by atoms with Gasteiger partial charge in [-0.1, -0.05) is 28.9 Å². The first-order chi connectivity index (χ1) is 16.9. The molecule has 14 heteroatoms. The molecule has 1 aliphatic heterocycles. The molecule has 9 nitrogen and oxygen atoms in total. The molecule has 0 aliphatic carbocycles. The zero-order valence-corrected chi connectivity index (χ0v) is 20.5. The lowest BCUT2D eigenvalue weighted by molar-refractivity contribution is -0.137. The van der Waals surface area contributed by atoms with Crippen molar-refractivity contribution in [2.24, 2.45) is 0 Å². The van der Waals surface area contributed by atoms with E-state index in [9.17, 15) is 26.4 Å². The summed E-state index contributed by atoms with van der Waals surface area (Å²) in [6.45, 7) is 2.55. The van der Waals surface area contributed by atoms with E-state index in [1.54, 1.807) is 19.1 Å². The summed E-state index contributed by atoms with van der Waals surface area (Å²) in [5.74, 6) is -1.37. The van der Waals surface area contributed by atoms with Gasteiger partial charge in [-0.05, 0) is 43.5 Å². The third-order valence-corrected chi connectivity index (χ3v) is 7.91. The predicted molar refractivity (Wildman–Crippen MR) is 123 cm³/mol. The van der Waals surface area contributed by atoms with Crippen LogP contribution in [0.4, 0.5) is 19.0 Å². The molecule has 0 bridgehead atoms. The van der Waals surface area contributed by atoms with Crippen LogP contribution in [0.25, 0.3) is 0 Å². The van der Waals surface area contributed by atoms with E-state index in [0.717, 1.165) is 12.3 Å². The minimum absolute atomic E-state index is 0.0308. The second kappa shape index (κ2) is 10.1. The van der Waals surface area contributed by atoms with Crippen LogP contribution in [-0.2, 0) is 21.8 Å². The fourth-order valence-corrected chi connectivity index (χ4v) is 6.00. The van der Waals surface area contributed by atoms with Gasteiger partial charge in [-0.3, -0.25) is 4.79 Å². The minimum atomic E-state index is -4.45. The molecule has 0 atom stereocenters. The van der Waals surface area contributed by atoms with Crippen LogP contribution in [0.15, 0.2) is 45.9 Å². The molecule has 36 heavy (non-hydrogen) atoms. The fourth-order valence-electron chi connectivity index (χ4n) is 3.90. The van der Waals surface area contributed by atoms with Crippen molar-refractivity contribution in [2.75, 3.05) is 18.0 Å². The van der Waals surface area contributed by atoms with Gasteiger partial charge in [0, 0.05) is 25.3 Å². The molecular weight excluding hydrogens is 523 g/mol. The number of pyridine rings is 1. The molecule has 0 spiro atoms. The zero-order valence-electron chi connectivity index (χ0n) is 18.9. The Balaban J connectivity index is 1.33. The van der Waals surface area contributed by atoms with Gasteiger partial charge in [0.05, 0.1) is 15.5 Å². The number of carbonyl (C=O) groups excluding carboxylic acids is 1. The van der Waals surface area contributed by atoms with Crippen molar-refractivity contribution in [3.05, 3.63) is 64.4 Å². The average molecular weight is 544 g/mol. The topological polar surface area (TPSA) is 118 Å². The largest absolute Gasteiger partial charge is 0.417 e. The number of carbonyl (C=O) groups is 1. The van der Waals surface area contributed by atoms with Gasteiger partial charge in [-0.25, -0.2) is 13.4 Å². The number of anilines is 1. The smallest absolute Gasteiger partial charge is 0.356 e. The highest BCUT2D eigenvalue weighted by atomic mass is 35.5. The van der Waals surface area contributed by atoms with Gasteiger partial charge in [0.2, 0.25) is 0 Å². The summed E-state index contributed by atoms with van der Waals surface area (Å²) in [6, 6.07) is 6.78. The average Bonchev–Trinajstić information content (AvgIpc) is 3.27. The molecule has 1 N–H and O–H groups in total. The summed E-state index contributed by atoms with van der Waals surface area (Å²) < 4.78 is 68.7. The predicted octanol–water partition coefficient (Wildman–Crippen LogP) is 3.82. The molecule has 3 heterocycles. The number of hydrogen-bond acceptors (Lipinski definition) is 8. The van der Waals surface area contributed by atoms with Crippen LogP contribution in [0.2, 0.25) is 5.02 Å². The fraction of sp³-hybridized carbons (Fsp3) is 0.364. The van der Waals surface area contributed by atoms with E-state index in [-0.39, 0.29) is 27.7 Å². The first-order valence-corrected chi connectivity index (χ1v) is 12.9. The summed E-state index contributed by atoms with van der Waals surface area (Å²) in [5.41, 5.74) is -0.344. The minimum Gasteiger partial charge on any atom is -0.356 e. The standard InChI is InChI=1S/C22H21ClF3N5O4S/c1-13-3-2-4-16(23)19(13)36(33,34)12-17-29-21(35-30-17)20(32)28-15-7-9-31(10-8-15)18-6-5-14(11-27-18)22(24,25)26/h2-6,11,15H,7-10,12H2,1H3,(H,28,32). The van der Waals surface area contributed by atoms with Crippen LogP contribution in [0.5, 0.6) is 0 Å². The van der Waals surface area contributed by atoms with E-state index in [2.05, 4.69) is 20.4 Å². The summed E-state index contributed by atoms with van der Waals surface area (Å²) >= 11 is 6.06. The molecule has 3 aromatic rings. The van der Waals surface area contributed by atoms with Crippen molar-refractivity contribution in [3.8, 4) is 0 Å². The van der Waals surface area contributed by atoms with Crippen molar-refractivity contribution in [1.82, 2.24) is 20.4 Å². The SMILES string of the molecule is Cc1cccc(Cl)c1S(=O)(=O)Cc1noc(C(=O)NC2CCN(c3ccc(C(F)(F)F)cn3)CC2)n1. The van der Waals surface area contributed by atoms with Crippen LogP contribution in [0.1, 0.15) is 40.5 Å². The number of amides is 1. The molecule has 1 aromatic carbocycles. The van der Waals surface area contributed by atoms with Gasteiger partial charge in [-0.15, -0.1) is 0 Å². The first kappa shape index (κ1) is 25.9. The maximum atomic E-state index is 12.8. The molecule has 2 aromatic heterocycles. The number of alkyl halides is 3. The highest BCUT2D eigenvalue weighted by molar-refractivity contribution is 7.90. The molecule has 0 saturated carbocycles. The number of sulfone groups is 1. The number of piperidine rings is 1. The number of aromatic nitrogens is 3. The third-order valence-electron chi connectivity index (χ3n) is 5.69. The summed E-state index contributed by atoms with van der Waals surface area (Å²) in [7, 11) is -3.88. The number of halogens is 4. The Morgan fingerprint density at radius 3 is 2.56 bits per heavy atom. The first-order valence-electron chi connectivity index (χ1n) is 10.8. The van der Waals surface area contributed by atoms with Crippen LogP contribution in [0.3, 0.4) is 0 Å². The molecule has 1 fully saturated rings. The van der Waals surface area contributed by atoms with E-state index < -0.39 is 33.2 Å². The Bertz CT molecular complexity index is 1330. The van der Waals surface area contributed by atoms with E-state index in [4.69, 9.17) is 16.1 Å². The Labute approximate surface area is 209 Å². The third kappa shape index (κ3) is 5.78. The quantitative estimate of drug-likeness (QED) is 0.498. The lowest BCUT2D eigenvalue weighted by Crippen LogP contribution is -2.45. The lowest BCUT2D eigenvalue weighted by Gasteiger charge is -2.33. The van der Waals surface area contributed by atoms with Gasteiger partial charge in [0.25, 0.3) is 0 Å². The molecule has 0 radical (unpaired) electrons. The van der Waals surface area contributed by atoms with Crippen molar-refractivity contribution >= 4 is 33.2 Å². The summed E-state index contributed by atoms with van der Waals surface area (Å²) in [5, 5.41) is 6.45. The van der Waals surface area contributed by atoms with E-state index in [1.165, 1.54) is 12.1 Å². The normalized spacial score (nSPS) is 15.2. The molecule has 1 aliphatic rings. The monoisotopic (exact) mass is 543 g/mol. The summed E-state index contributed by atoms with van der Waals surface area (Å²) in [4.78, 5) is 22.1. The lowest BCUT2D eigenvalue weighted by atomic mass is 10.0. The van der Waals surface area contributed by atoms with E-state index in [1.807, 2.05) is 4.90 Å². The number of nitrogens with zero attached hydrogens (tertiary/aromatic N) is 4. The number of benzene rings is 1. The van der Waals surface area contributed by atoms with Crippen molar-refractivity contribution in [1.29, 1.82) is 0 Å². The maximum Gasteiger partial charge on any atom is 0.417 e. The van der Waals surface area contributed by atoms with Crippen LogP contribution in [0, 0.1) is 6.92 Å². The Morgan fingerprint density at radius 1 is 1.22 bits per heavy atom. The van der Waals surface area contributed by atoms with Crippen LogP contribution < -0.4 is 10.2 Å². The Hall–Kier alpha value is -3.19. The zero-order chi connectivity index (χ0) is 26.1. The van der Waals surface area contributed by atoms with Gasteiger partial charge >= 0.3 is 18.0 Å². The van der Waals surface area contributed by atoms with Crippen LogP contribution >= 0.6 is 11.6 Å². The second-order valence-corrected chi connectivity index (χ2v) is 10.6. The molecule has 1 saturated heterocycles. The number of nitrogens with one attached hydrogen (secondary N) is 1. The van der Waals surface area contributed by atoms with Gasteiger partial charge < -0.3 is 14.7 Å². The maximum absolute atomic E-state index is 12.8. The van der Waals surface area contributed by atoms with Gasteiger partial charge in [0.1, 0.15) is 11.6 Å². The van der Waals surface area contributed by atoms with Crippen LogP contribution in [-0.4, -0.2) is 48.6 Å². The van der Waals surface area contributed by atoms with Crippen molar-refractivity contribution < 1.29 is 30.9 Å². The molecular formula is C22H21ClF3N5O4S. The van der Waals surface area contributed by atoms with Gasteiger partial charge in [-0.2, -0.15) is 18.2 Å². The summed E-state index contributed by atoms with van der Waals surface area (Å²) in [6.07, 6.45) is -2.63. The Morgan fingerprint density at radius 2 is 1.94 bits per heavy atom. The van der Waals surface area contributed by atoms with Gasteiger partial charge in [0.15, 0.2) is 15.7 Å². The van der Waals surface area contributed by atoms with E-state index in [0.29, 0.717) is 37.3 Å². The van der Waals surface area contributed by atoms with Crippen molar-refractivity contribution in [3.63, 3.8) is 0 Å². The highest BCUT2D eigenvalue weighted by Gasteiger charge is 2.31. The molecule has 1 amide bonds. The number of hydrogen-bond donors (Lipinski definition) is 1. The molecule has 4 rings (SSSR count). The second-order valence-electron chi connectivity index (χ2n) is 8.30. The highest BCUT2D eigenvalue weighted by Crippen LogP contribution is 2.30. The van der Waals surface area contributed by atoms with Crippen molar-refractivity contribution in [2.45, 2.75) is 42.6 Å². The number of aryl methyl sites for hydroxylation is 1.